The van der Waals surface area contributed by atoms with Crippen molar-refractivity contribution in [2.24, 2.45) is 0 Å². The van der Waals surface area contributed by atoms with E-state index in [-0.39, 0.29) is 0 Å². The Hall–Kier alpha value is -0.770. The highest BCUT2D eigenvalue weighted by molar-refractivity contribution is 6.32. The van der Waals surface area contributed by atoms with Crippen molar-refractivity contribution in [2.75, 3.05) is 14.2 Å². The topological polar surface area (TPSA) is 24.5 Å². The van der Waals surface area contributed by atoms with Gasteiger partial charge in [-0.15, -0.1) is 0 Å². The van der Waals surface area contributed by atoms with Gasteiger partial charge < -0.3 is 15.0 Å². The summed E-state index contributed by atoms with van der Waals surface area (Å²) in [5.41, 5.74) is 1.23. The lowest BCUT2D eigenvalue weighted by atomic mass is 9.82. The molecule has 1 aromatic carbocycles. The van der Waals surface area contributed by atoms with Crippen molar-refractivity contribution < 1.29 is 4.74 Å². The molecule has 4 heteroatoms. The molecular weight excluding hydrogens is 284 g/mol. The van der Waals surface area contributed by atoms with Crippen molar-refractivity contribution in [2.45, 2.75) is 56.8 Å². The second kappa shape index (κ2) is 6.55. The van der Waals surface area contributed by atoms with Crippen LogP contribution in [-0.2, 0) is 6.54 Å². The van der Waals surface area contributed by atoms with E-state index in [4.69, 9.17) is 16.3 Å². The van der Waals surface area contributed by atoms with E-state index in [2.05, 4.69) is 23.3 Å². The van der Waals surface area contributed by atoms with Gasteiger partial charge in [-0.2, -0.15) is 0 Å². The number of methoxy groups -OCH3 is 1. The third-order valence-corrected chi connectivity index (χ3v) is 5.45. The summed E-state index contributed by atoms with van der Waals surface area (Å²) >= 11 is 6.19. The van der Waals surface area contributed by atoms with Crippen LogP contribution in [0.2, 0.25) is 5.02 Å². The number of fused-ring (bicyclic) bond motifs is 2. The Morgan fingerprint density at radius 2 is 2.00 bits per heavy atom. The van der Waals surface area contributed by atoms with Crippen molar-refractivity contribution in [3.8, 4) is 5.75 Å². The van der Waals surface area contributed by atoms with Crippen LogP contribution in [0, 0.1) is 0 Å². The predicted octanol–water partition coefficient (Wildman–Crippen LogP) is 3.45. The lowest BCUT2D eigenvalue weighted by molar-refractivity contribution is 0.0482. The average molecular weight is 309 g/mol. The molecule has 2 aliphatic heterocycles. The molecule has 0 amide bonds. The molecule has 0 spiro atoms. The van der Waals surface area contributed by atoms with E-state index in [0.29, 0.717) is 11.1 Å². The summed E-state index contributed by atoms with van der Waals surface area (Å²) in [6, 6.07) is 8.22. The molecule has 1 aromatic rings. The zero-order valence-corrected chi connectivity index (χ0v) is 13.7. The summed E-state index contributed by atoms with van der Waals surface area (Å²) in [7, 11) is 3.95. The molecule has 1 N–H and O–H groups in total. The van der Waals surface area contributed by atoms with Crippen LogP contribution in [0.15, 0.2) is 18.2 Å². The predicted molar refractivity (Wildman–Crippen MR) is 87.1 cm³/mol. The fourth-order valence-corrected chi connectivity index (χ4v) is 4.14. The van der Waals surface area contributed by atoms with Crippen LogP contribution in [0.4, 0.5) is 0 Å². The second-order valence-corrected chi connectivity index (χ2v) is 6.83. The summed E-state index contributed by atoms with van der Waals surface area (Å²) in [5, 5.41) is 4.42. The highest BCUT2D eigenvalue weighted by atomic mass is 35.5. The summed E-state index contributed by atoms with van der Waals surface area (Å²) < 4.78 is 5.20. The van der Waals surface area contributed by atoms with E-state index in [0.717, 1.165) is 24.4 Å². The minimum atomic E-state index is 0.636. The van der Waals surface area contributed by atoms with Crippen LogP contribution >= 0.6 is 11.6 Å². The Balaban J connectivity index is 1.57. The Morgan fingerprint density at radius 1 is 1.29 bits per heavy atom. The lowest BCUT2D eigenvalue weighted by Gasteiger charge is -2.47. The number of nitrogens with zero attached hydrogens (tertiary/aromatic N) is 1. The van der Waals surface area contributed by atoms with Crippen molar-refractivity contribution >= 4 is 11.6 Å². The SMILES string of the molecule is COc1ccc(CNC2CC3CCCC(C2)N3C)cc1Cl. The molecule has 2 saturated heterocycles. The Bertz CT molecular complexity index is 480. The van der Waals surface area contributed by atoms with E-state index < -0.39 is 0 Å². The molecule has 2 atom stereocenters. The molecule has 2 heterocycles. The standard InChI is InChI=1S/C17H25ClN2O/c1-20-14-4-3-5-15(20)10-13(9-14)19-11-12-6-7-17(21-2)16(18)8-12/h6-8,13-15,19H,3-5,9-11H2,1-2H3. The fraction of sp³-hybridized carbons (Fsp3) is 0.647. The Labute approximate surface area is 132 Å². The minimum Gasteiger partial charge on any atom is -0.495 e. The van der Waals surface area contributed by atoms with E-state index in [1.54, 1.807) is 7.11 Å². The van der Waals surface area contributed by atoms with Crippen LogP contribution in [0.1, 0.15) is 37.7 Å². The summed E-state index contributed by atoms with van der Waals surface area (Å²) in [6.07, 6.45) is 6.67. The molecule has 0 radical (unpaired) electrons. The van der Waals surface area contributed by atoms with Crippen molar-refractivity contribution in [3.63, 3.8) is 0 Å². The van der Waals surface area contributed by atoms with Gasteiger partial charge in [0.05, 0.1) is 12.1 Å². The molecule has 21 heavy (non-hydrogen) atoms. The summed E-state index contributed by atoms with van der Waals surface area (Å²) in [4.78, 5) is 2.60. The number of nitrogens with one attached hydrogen (secondary N) is 1. The third kappa shape index (κ3) is 3.36. The van der Waals surface area contributed by atoms with Gasteiger partial charge in [-0.05, 0) is 50.4 Å². The van der Waals surface area contributed by atoms with Crippen LogP contribution < -0.4 is 10.1 Å². The normalized spacial score (nSPS) is 29.4. The van der Waals surface area contributed by atoms with Crippen molar-refractivity contribution in [1.29, 1.82) is 0 Å². The van der Waals surface area contributed by atoms with Gasteiger partial charge >= 0.3 is 0 Å². The van der Waals surface area contributed by atoms with E-state index in [9.17, 15) is 0 Å². The maximum atomic E-state index is 6.19. The van der Waals surface area contributed by atoms with Gasteiger partial charge in [-0.3, -0.25) is 0 Å². The van der Waals surface area contributed by atoms with Gasteiger partial charge in [-0.1, -0.05) is 24.1 Å². The Kier molecular flexibility index (Phi) is 4.72. The highest BCUT2D eigenvalue weighted by Crippen LogP contribution is 2.33. The van der Waals surface area contributed by atoms with Gasteiger partial charge in [0.25, 0.3) is 0 Å². The van der Waals surface area contributed by atoms with E-state index >= 15 is 0 Å². The summed E-state index contributed by atoms with van der Waals surface area (Å²) in [5.74, 6) is 0.745. The second-order valence-electron chi connectivity index (χ2n) is 6.42. The minimum absolute atomic E-state index is 0.636. The van der Waals surface area contributed by atoms with E-state index in [1.165, 1.54) is 37.7 Å². The quantitative estimate of drug-likeness (QED) is 0.922. The molecule has 2 bridgehead atoms. The number of ether oxygens (including phenoxy) is 1. The smallest absolute Gasteiger partial charge is 0.137 e. The van der Waals surface area contributed by atoms with Gasteiger partial charge in [-0.25, -0.2) is 0 Å². The number of halogens is 1. The van der Waals surface area contributed by atoms with Gasteiger partial charge in [0.1, 0.15) is 5.75 Å². The molecule has 0 saturated carbocycles. The van der Waals surface area contributed by atoms with Crippen molar-refractivity contribution in [3.05, 3.63) is 28.8 Å². The van der Waals surface area contributed by atoms with Crippen LogP contribution in [-0.4, -0.2) is 37.2 Å². The first kappa shape index (κ1) is 15.1. The molecule has 0 aliphatic carbocycles. The Morgan fingerprint density at radius 3 is 2.62 bits per heavy atom. The molecule has 3 rings (SSSR count). The van der Waals surface area contributed by atoms with Crippen LogP contribution in [0.25, 0.3) is 0 Å². The van der Waals surface area contributed by atoms with Crippen LogP contribution in [0.5, 0.6) is 5.75 Å². The monoisotopic (exact) mass is 308 g/mol. The zero-order chi connectivity index (χ0) is 14.8. The number of rotatable bonds is 4. The molecule has 3 nitrogen and oxygen atoms in total. The number of benzene rings is 1. The largest absolute Gasteiger partial charge is 0.495 e. The fourth-order valence-electron chi connectivity index (χ4n) is 3.86. The maximum Gasteiger partial charge on any atom is 0.137 e. The molecule has 116 valence electrons. The first-order chi connectivity index (χ1) is 10.2. The number of hydrogen-bond donors (Lipinski definition) is 1. The van der Waals surface area contributed by atoms with Gasteiger partial charge in [0.15, 0.2) is 0 Å². The first-order valence-electron chi connectivity index (χ1n) is 7.95. The summed E-state index contributed by atoms with van der Waals surface area (Å²) in [6.45, 7) is 0.886. The molecular formula is C17H25ClN2O. The molecule has 0 aromatic heterocycles. The average Bonchev–Trinajstić information content (AvgIpc) is 2.45. The number of piperidine rings is 2. The van der Waals surface area contributed by atoms with Gasteiger partial charge in [0.2, 0.25) is 0 Å². The highest BCUT2D eigenvalue weighted by Gasteiger charge is 2.35. The maximum absolute atomic E-state index is 6.19. The molecule has 2 unspecified atom stereocenters. The third-order valence-electron chi connectivity index (χ3n) is 5.15. The lowest BCUT2D eigenvalue weighted by Crippen LogP contribution is -2.54. The van der Waals surface area contributed by atoms with Gasteiger partial charge in [0, 0.05) is 24.7 Å². The molecule has 2 aliphatic rings. The van der Waals surface area contributed by atoms with E-state index in [1.807, 2.05) is 12.1 Å². The molecule has 2 fully saturated rings. The number of hydrogen-bond acceptors (Lipinski definition) is 3. The zero-order valence-electron chi connectivity index (χ0n) is 12.9. The first-order valence-corrected chi connectivity index (χ1v) is 8.33. The van der Waals surface area contributed by atoms with Crippen molar-refractivity contribution in [1.82, 2.24) is 10.2 Å². The van der Waals surface area contributed by atoms with Crippen LogP contribution in [0.3, 0.4) is 0 Å².